The normalized spacial score (nSPS) is 11.5. The Morgan fingerprint density at radius 1 is 1.09 bits per heavy atom. The number of aliphatic hydroxyl groups is 1. The summed E-state index contributed by atoms with van der Waals surface area (Å²) in [5.74, 6) is 2.05. The maximum atomic E-state index is 9.98. The van der Waals surface area contributed by atoms with Crippen molar-refractivity contribution in [2.24, 2.45) is 0 Å². The third kappa shape index (κ3) is 6.89. The molecular weight excluding hydrogens is 458 g/mol. The van der Waals surface area contributed by atoms with Gasteiger partial charge in [-0.3, -0.25) is 0 Å². The van der Waals surface area contributed by atoms with Gasteiger partial charge in [0.1, 0.15) is 23.1 Å². The molecule has 34 heavy (non-hydrogen) atoms. The second-order valence-electron chi connectivity index (χ2n) is 9.90. The number of hydrogen-bond donors (Lipinski definition) is 1. The van der Waals surface area contributed by atoms with Gasteiger partial charge in [0, 0.05) is 21.1 Å². The number of nitrogens with zero attached hydrogens (tertiary/aromatic N) is 1. The van der Waals surface area contributed by atoms with Gasteiger partial charge in [-0.15, -0.1) is 23.1 Å². The molecule has 1 aromatic heterocycles. The molecule has 0 unspecified atom stereocenters. The van der Waals surface area contributed by atoms with Crippen LogP contribution in [0.4, 0.5) is 0 Å². The first-order chi connectivity index (χ1) is 16.1. The number of benzene rings is 2. The van der Waals surface area contributed by atoms with Crippen molar-refractivity contribution in [1.82, 2.24) is 4.98 Å². The molecule has 2 aromatic carbocycles. The molecule has 0 aliphatic carbocycles. The molecule has 0 aliphatic heterocycles. The number of rotatable bonds is 9. The van der Waals surface area contributed by atoms with E-state index in [2.05, 4.69) is 71.0 Å². The lowest BCUT2D eigenvalue weighted by Crippen LogP contribution is -2.10. The van der Waals surface area contributed by atoms with Gasteiger partial charge in [-0.2, -0.15) is 0 Å². The lowest BCUT2D eigenvalue weighted by atomic mass is 9.87. The number of aliphatic hydroxyl groups excluding tert-OH is 1. The number of ether oxygens (including phenoxy) is 1. The average molecular weight is 496 g/mol. The standard InChI is InChI=1S/C29H37NO2S2/c1-8-9-22-16-24(14-15-26(22)32-17-25(31)19(2)3)33-18-27-20(4)30-28(34-27)21-10-12-23(13-11-21)29(5,6)7/h10-16,31H,8-9,17-18H2,1-7H3. The van der Waals surface area contributed by atoms with Crippen LogP contribution in [-0.4, -0.2) is 16.7 Å². The molecule has 3 nitrogen and oxygen atoms in total. The average Bonchev–Trinajstić information content (AvgIpc) is 3.17. The second-order valence-corrected chi connectivity index (χ2v) is 12.0. The quantitative estimate of drug-likeness (QED) is 0.238. The Balaban J connectivity index is 1.71. The predicted octanol–water partition coefficient (Wildman–Crippen LogP) is 8.89. The van der Waals surface area contributed by atoms with Crippen molar-refractivity contribution in [3.63, 3.8) is 0 Å². The van der Waals surface area contributed by atoms with Crippen molar-refractivity contribution in [2.75, 3.05) is 6.61 Å². The smallest absolute Gasteiger partial charge is 0.145 e. The van der Waals surface area contributed by atoms with Crippen LogP contribution >= 0.6 is 23.1 Å². The fourth-order valence-corrected chi connectivity index (χ4v) is 5.66. The van der Waals surface area contributed by atoms with E-state index in [1.807, 2.05) is 31.7 Å². The largest absolute Gasteiger partial charge is 0.509 e. The van der Waals surface area contributed by atoms with Crippen molar-refractivity contribution in [3.8, 4) is 16.3 Å². The number of thioether (sulfide) groups is 1. The lowest BCUT2D eigenvalue weighted by Gasteiger charge is -2.18. The first kappa shape index (κ1) is 26.4. The molecule has 1 heterocycles. The summed E-state index contributed by atoms with van der Waals surface area (Å²) in [4.78, 5) is 7.40. The van der Waals surface area contributed by atoms with Gasteiger partial charge in [0.05, 0.1) is 5.69 Å². The van der Waals surface area contributed by atoms with Crippen molar-refractivity contribution >= 4 is 23.1 Å². The first-order valence-corrected chi connectivity index (χ1v) is 13.7. The number of aryl methyl sites for hydroxylation is 2. The van der Waals surface area contributed by atoms with E-state index in [0.29, 0.717) is 5.76 Å². The summed E-state index contributed by atoms with van der Waals surface area (Å²) < 4.78 is 5.91. The fourth-order valence-electron chi connectivity index (χ4n) is 3.49. The minimum Gasteiger partial charge on any atom is -0.509 e. The number of thiazole rings is 1. The van der Waals surface area contributed by atoms with Gasteiger partial charge in [-0.1, -0.05) is 58.4 Å². The second kappa shape index (κ2) is 11.5. The van der Waals surface area contributed by atoms with Crippen molar-refractivity contribution in [2.45, 2.75) is 77.4 Å². The lowest BCUT2D eigenvalue weighted by molar-refractivity contribution is 0.265. The summed E-state index contributed by atoms with van der Waals surface area (Å²) in [6.45, 7) is 15.0. The van der Waals surface area contributed by atoms with Gasteiger partial charge < -0.3 is 9.84 Å². The zero-order chi connectivity index (χ0) is 24.9. The Labute approximate surface area is 213 Å². The van der Waals surface area contributed by atoms with Crippen LogP contribution in [-0.2, 0) is 17.6 Å². The van der Waals surface area contributed by atoms with Crippen LogP contribution in [0, 0.1) is 6.92 Å². The van der Waals surface area contributed by atoms with Crippen LogP contribution < -0.4 is 4.74 Å². The van der Waals surface area contributed by atoms with Gasteiger partial charge in [0.2, 0.25) is 0 Å². The summed E-state index contributed by atoms with van der Waals surface area (Å²) in [5.41, 5.74) is 5.86. The molecule has 182 valence electrons. The summed E-state index contributed by atoms with van der Waals surface area (Å²) in [7, 11) is 0. The highest BCUT2D eigenvalue weighted by Gasteiger charge is 2.15. The molecule has 0 fully saturated rings. The van der Waals surface area contributed by atoms with Crippen LogP contribution in [0.5, 0.6) is 5.75 Å². The summed E-state index contributed by atoms with van der Waals surface area (Å²) in [6, 6.07) is 15.2. The van der Waals surface area contributed by atoms with Gasteiger partial charge in [0.15, 0.2) is 0 Å². The first-order valence-electron chi connectivity index (χ1n) is 11.9. The summed E-state index contributed by atoms with van der Waals surface area (Å²) in [6.07, 6.45) is 2.00. The SMILES string of the molecule is CCCc1cc(SCc2sc(-c3ccc(C(C)(C)C)cc3)nc2C)ccc1OCC(O)=C(C)C. The molecule has 0 amide bonds. The number of hydrogen-bond acceptors (Lipinski definition) is 5. The van der Waals surface area contributed by atoms with Gasteiger partial charge in [0.25, 0.3) is 0 Å². The summed E-state index contributed by atoms with van der Waals surface area (Å²) in [5, 5.41) is 11.1. The van der Waals surface area contributed by atoms with Crippen LogP contribution in [0.25, 0.3) is 10.6 Å². The van der Waals surface area contributed by atoms with Crippen LogP contribution in [0.3, 0.4) is 0 Å². The van der Waals surface area contributed by atoms with Gasteiger partial charge >= 0.3 is 0 Å². The molecule has 0 aliphatic rings. The Morgan fingerprint density at radius 2 is 1.79 bits per heavy atom. The molecule has 0 bridgehead atoms. The molecule has 0 saturated heterocycles. The van der Waals surface area contributed by atoms with Gasteiger partial charge in [-0.05, 0) is 67.5 Å². The fraction of sp³-hybridized carbons (Fsp3) is 0.414. The van der Waals surface area contributed by atoms with E-state index < -0.39 is 0 Å². The Hall–Kier alpha value is -2.24. The van der Waals surface area contributed by atoms with E-state index in [9.17, 15) is 5.11 Å². The van der Waals surface area contributed by atoms with Crippen molar-refractivity contribution in [3.05, 3.63) is 75.5 Å². The predicted molar refractivity (Wildman–Crippen MR) is 147 cm³/mol. The van der Waals surface area contributed by atoms with Gasteiger partial charge in [-0.25, -0.2) is 4.98 Å². The minimum absolute atomic E-state index is 0.155. The molecule has 0 saturated carbocycles. The van der Waals surface area contributed by atoms with E-state index in [0.717, 1.165) is 40.6 Å². The third-order valence-electron chi connectivity index (χ3n) is 5.75. The van der Waals surface area contributed by atoms with E-state index in [1.54, 1.807) is 11.3 Å². The minimum atomic E-state index is 0.155. The highest BCUT2D eigenvalue weighted by molar-refractivity contribution is 7.98. The van der Waals surface area contributed by atoms with Crippen molar-refractivity contribution < 1.29 is 9.84 Å². The summed E-state index contributed by atoms with van der Waals surface area (Å²) >= 11 is 3.62. The van der Waals surface area contributed by atoms with E-state index in [1.165, 1.54) is 26.5 Å². The van der Waals surface area contributed by atoms with E-state index in [-0.39, 0.29) is 12.0 Å². The highest BCUT2D eigenvalue weighted by atomic mass is 32.2. The molecule has 0 atom stereocenters. The molecular formula is C29H37NO2S2. The Morgan fingerprint density at radius 3 is 2.41 bits per heavy atom. The van der Waals surface area contributed by atoms with Crippen LogP contribution in [0.1, 0.15) is 69.7 Å². The number of allylic oxidation sites excluding steroid dienone is 1. The maximum absolute atomic E-state index is 9.98. The Bertz CT molecular complexity index is 1130. The third-order valence-corrected chi connectivity index (χ3v) is 8.16. The van der Waals surface area contributed by atoms with E-state index in [4.69, 9.17) is 9.72 Å². The molecule has 3 aromatic rings. The zero-order valence-electron chi connectivity index (χ0n) is 21.5. The molecule has 5 heteroatoms. The topological polar surface area (TPSA) is 42.4 Å². The molecule has 0 radical (unpaired) electrons. The van der Waals surface area contributed by atoms with Crippen LogP contribution in [0.2, 0.25) is 0 Å². The molecule has 3 rings (SSSR count). The maximum Gasteiger partial charge on any atom is 0.145 e. The Kier molecular flexibility index (Phi) is 8.89. The molecule has 1 N–H and O–H groups in total. The van der Waals surface area contributed by atoms with Crippen LogP contribution in [0.15, 0.2) is 58.7 Å². The van der Waals surface area contributed by atoms with Crippen molar-refractivity contribution in [1.29, 1.82) is 0 Å². The monoisotopic (exact) mass is 495 g/mol. The highest BCUT2D eigenvalue weighted by Crippen LogP contribution is 2.35. The zero-order valence-corrected chi connectivity index (χ0v) is 23.1. The molecule has 0 spiro atoms. The number of aromatic nitrogens is 1. The van der Waals surface area contributed by atoms with E-state index >= 15 is 0 Å².